The highest BCUT2D eigenvalue weighted by Gasteiger charge is 2.40. The molecule has 2 aliphatic heterocycles. The molecule has 2 atom stereocenters. The van der Waals surface area contributed by atoms with Crippen LogP contribution in [-0.2, 0) is 25.2 Å². The first kappa shape index (κ1) is 21.6. The number of hydrogen-bond acceptors (Lipinski definition) is 6. The van der Waals surface area contributed by atoms with Crippen LogP contribution in [0.15, 0.2) is 46.8 Å². The number of aliphatic imine (C=N–C) groups is 1. The Labute approximate surface area is 171 Å². The summed E-state index contributed by atoms with van der Waals surface area (Å²) in [5.74, 6) is -1.11. The molecule has 0 radical (unpaired) electrons. The molecule has 0 bridgehead atoms. The van der Waals surface area contributed by atoms with Gasteiger partial charge in [-0.25, -0.2) is 4.79 Å². The number of benzene rings is 1. The first-order valence-corrected chi connectivity index (χ1v) is 9.40. The third kappa shape index (κ3) is 4.39. The standard InChI is InChI=1S/C21H21F3N2O4/c1-3-15(20(28)29-2)26-19-16(12-6-4-8-14(10-12)21(22,23)24)17(27)18(30-19)13-7-5-9-25-11-13/h4,6-10,15,18,26H,3,5,11H2,1-2H3. The van der Waals surface area contributed by atoms with E-state index in [4.69, 9.17) is 9.47 Å². The number of dihydropyridines is 1. The second kappa shape index (κ2) is 8.73. The average molecular weight is 422 g/mol. The van der Waals surface area contributed by atoms with E-state index in [0.717, 1.165) is 12.1 Å². The maximum atomic E-state index is 13.2. The first-order chi connectivity index (χ1) is 14.3. The molecule has 1 aromatic carbocycles. The van der Waals surface area contributed by atoms with Gasteiger partial charge in [-0.15, -0.1) is 0 Å². The summed E-state index contributed by atoms with van der Waals surface area (Å²) in [5.41, 5.74) is -0.247. The van der Waals surface area contributed by atoms with Gasteiger partial charge in [-0.05, 0) is 29.7 Å². The van der Waals surface area contributed by atoms with Gasteiger partial charge in [-0.1, -0.05) is 25.1 Å². The van der Waals surface area contributed by atoms with Crippen LogP contribution in [0.2, 0.25) is 0 Å². The minimum atomic E-state index is -4.56. The monoisotopic (exact) mass is 422 g/mol. The number of allylic oxidation sites excluding steroid dienone is 1. The largest absolute Gasteiger partial charge is 0.467 e. The summed E-state index contributed by atoms with van der Waals surface area (Å²) in [6, 6.07) is 3.63. The van der Waals surface area contributed by atoms with Gasteiger partial charge in [-0.2, -0.15) is 13.2 Å². The summed E-state index contributed by atoms with van der Waals surface area (Å²) in [4.78, 5) is 29.3. The topological polar surface area (TPSA) is 77.0 Å². The zero-order valence-electron chi connectivity index (χ0n) is 16.5. The van der Waals surface area contributed by atoms with Crippen molar-refractivity contribution in [2.45, 2.75) is 38.1 Å². The van der Waals surface area contributed by atoms with Crippen LogP contribution < -0.4 is 5.32 Å². The molecule has 30 heavy (non-hydrogen) atoms. The van der Waals surface area contributed by atoms with E-state index in [1.54, 1.807) is 19.2 Å². The number of esters is 1. The normalized spacial score (nSPS) is 20.0. The van der Waals surface area contributed by atoms with Crippen molar-refractivity contribution < 1.29 is 32.2 Å². The summed E-state index contributed by atoms with van der Waals surface area (Å²) < 4.78 is 50.2. The van der Waals surface area contributed by atoms with Crippen LogP contribution in [0.4, 0.5) is 13.2 Å². The lowest BCUT2D eigenvalue weighted by atomic mass is 9.94. The van der Waals surface area contributed by atoms with Crippen LogP contribution >= 0.6 is 0 Å². The highest BCUT2D eigenvalue weighted by molar-refractivity contribution is 6.26. The first-order valence-electron chi connectivity index (χ1n) is 9.40. The highest BCUT2D eigenvalue weighted by Crippen LogP contribution is 2.36. The fourth-order valence-electron chi connectivity index (χ4n) is 3.28. The third-order valence-corrected chi connectivity index (χ3v) is 4.85. The van der Waals surface area contributed by atoms with Gasteiger partial charge < -0.3 is 14.8 Å². The molecule has 0 saturated heterocycles. The summed E-state index contributed by atoms with van der Waals surface area (Å²) in [7, 11) is 1.23. The van der Waals surface area contributed by atoms with Crippen molar-refractivity contribution in [1.82, 2.24) is 5.32 Å². The zero-order chi connectivity index (χ0) is 21.9. The maximum absolute atomic E-state index is 13.2. The van der Waals surface area contributed by atoms with Crippen LogP contribution in [0, 0.1) is 0 Å². The molecular weight excluding hydrogens is 401 g/mol. The summed E-state index contributed by atoms with van der Waals surface area (Å²) in [5, 5.41) is 2.84. The third-order valence-electron chi connectivity index (χ3n) is 4.85. The lowest BCUT2D eigenvalue weighted by molar-refractivity contribution is -0.143. The van der Waals surface area contributed by atoms with Crippen LogP contribution in [0.1, 0.15) is 30.9 Å². The van der Waals surface area contributed by atoms with E-state index in [9.17, 15) is 22.8 Å². The van der Waals surface area contributed by atoms with Crippen molar-refractivity contribution >= 4 is 23.5 Å². The predicted octanol–water partition coefficient (Wildman–Crippen LogP) is 3.28. The molecule has 2 aliphatic rings. The van der Waals surface area contributed by atoms with E-state index in [0.29, 0.717) is 18.4 Å². The molecular formula is C21H21F3N2O4. The number of nitrogens with zero attached hydrogens (tertiary/aromatic N) is 1. The molecule has 0 spiro atoms. The molecule has 160 valence electrons. The molecule has 9 heteroatoms. The molecule has 6 nitrogen and oxygen atoms in total. The SMILES string of the molecule is CCC(NC1=C(c2cccc(C(F)(F)F)c2)C(=O)C(C2=CCC=NC2)O1)C(=O)OC. The van der Waals surface area contributed by atoms with Gasteiger partial charge in [0.05, 0.1) is 24.8 Å². The number of methoxy groups -OCH3 is 1. The Morgan fingerprint density at radius 2 is 2.17 bits per heavy atom. The zero-order valence-corrected chi connectivity index (χ0v) is 16.5. The van der Waals surface area contributed by atoms with Gasteiger partial charge in [-0.3, -0.25) is 9.79 Å². The van der Waals surface area contributed by atoms with Crippen molar-refractivity contribution in [3.8, 4) is 0 Å². The molecule has 0 saturated carbocycles. The quantitative estimate of drug-likeness (QED) is 0.563. The number of ether oxygens (including phenoxy) is 2. The molecule has 0 amide bonds. The minimum absolute atomic E-state index is 0.0380. The van der Waals surface area contributed by atoms with E-state index in [-0.39, 0.29) is 23.6 Å². The molecule has 0 fully saturated rings. The Hall–Kier alpha value is -3.10. The van der Waals surface area contributed by atoms with E-state index in [1.807, 2.05) is 0 Å². The molecule has 2 heterocycles. The van der Waals surface area contributed by atoms with E-state index >= 15 is 0 Å². The van der Waals surface area contributed by atoms with Crippen molar-refractivity contribution in [2.24, 2.45) is 4.99 Å². The number of nitrogens with one attached hydrogen (secondary N) is 1. The Kier molecular flexibility index (Phi) is 6.28. The number of ketones is 1. The van der Waals surface area contributed by atoms with Crippen LogP contribution in [0.5, 0.6) is 0 Å². The number of alkyl halides is 3. The van der Waals surface area contributed by atoms with Gasteiger partial charge in [0, 0.05) is 12.6 Å². The number of rotatable bonds is 6. The van der Waals surface area contributed by atoms with Gasteiger partial charge >= 0.3 is 12.1 Å². The lowest BCUT2D eigenvalue weighted by Gasteiger charge is -2.19. The van der Waals surface area contributed by atoms with Crippen molar-refractivity contribution in [1.29, 1.82) is 0 Å². The highest BCUT2D eigenvalue weighted by atomic mass is 19.4. The van der Waals surface area contributed by atoms with Crippen molar-refractivity contribution in [3.63, 3.8) is 0 Å². The van der Waals surface area contributed by atoms with Crippen molar-refractivity contribution in [3.05, 3.63) is 52.9 Å². The van der Waals surface area contributed by atoms with Crippen LogP contribution in [0.25, 0.3) is 5.57 Å². The second-order valence-corrected chi connectivity index (χ2v) is 6.81. The number of halogens is 3. The van der Waals surface area contributed by atoms with E-state index in [1.165, 1.54) is 19.2 Å². The fourth-order valence-corrected chi connectivity index (χ4v) is 3.28. The minimum Gasteiger partial charge on any atom is -0.467 e. The number of hydrogen-bond donors (Lipinski definition) is 1. The van der Waals surface area contributed by atoms with Crippen molar-refractivity contribution in [2.75, 3.05) is 13.7 Å². The number of carbonyl (C=O) groups is 2. The number of Topliss-reactive ketones (excluding diaryl/α,β-unsaturated/α-hetero) is 1. The second-order valence-electron chi connectivity index (χ2n) is 6.81. The number of carbonyl (C=O) groups excluding carboxylic acids is 2. The van der Waals surface area contributed by atoms with Gasteiger partial charge in [0.1, 0.15) is 6.04 Å². The molecule has 0 aromatic heterocycles. The molecule has 2 unspecified atom stereocenters. The summed E-state index contributed by atoms with van der Waals surface area (Å²) >= 11 is 0. The fraction of sp³-hybridized carbons (Fsp3) is 0.381. The molecule has 3 rings (SSSR count). The summed E-state index contributed by atoms with van der Waals surface area (Å²) in [6.07, 6.45) is -1.21. The predicted molar refractivity (Wildman–Crippen MR) is 104 cm³/mol. The van der Waals surface area contributed by atoms with Crippen LogP contribution in [0.3, 0.4) is 0 Å². The van der Waals surface area contributed by atoms with E-state index in [2.05, 4.69) is 10.3 Å². The molecule has 1 N–H and O–H groups in total. The Morgan fingerprint density at radius 3 is 2.77 bits per heavy atom. The maximum Gasteiger partial charge on any atom is 0.416 e. The smallest absolute Gasteiger partial charge is 0.416 e. The van der Waals surface area contributed by atoms with Gasteiger partial charge in [0.15, 0.2) is 12.0 Å². The average Bonchev–Trinajstić information content (AvgIpc) is 3.07. The Morgan fingerprint density at radius 1 is 1.40 bits per heavy atom. The Bertz CT molecular complexity index is 934. The Balaban J connectivity index is 2.03. The van der Waals surface area contributed by atoms with Gasteiger partial charge in [0.25, 0.3) is 0 Å². The van der Waals surface area contributed by atoms with E-state index < -0.39 is 35.6 Å². The molecule has 0 aliphatic carbocycles. The van der Waals surface area contributed by atoms with Gasteiger partial charge in [0.2, 0.25) is 5.78 Å². The summed E-state index contributed by atoms with van der Waals surface area (Å²) in [6.45, 7) is 1.99. The molecule has 1 aromatic rings. The lowest BCUT2D eigenvalue weighted by Crippen LogP contribution is -2.37. The van der Waals surface area contributed by atoms with Crippen LogP contribution in [-0.4, -0.2) is 43.8 Å².